The molecule has 1 aromatic rings. The monoisotopic (exact) mass is 270 g/mol. The van der Waals surface area contributed by atoms with Gasteiger partial charge in [0.1, 0.15) is 12.1 Å². The highest BCUT2D eigenvalue weighted by atomic mass is 79.9. The summed E-state index contributed by atoms with van der Waals surface area (Å²) in [4.78, 5) is 8.08. The smallest absolute Gasteiger partial charge is 0.143 e. The first kappa shape index (κ1) is 10.8. The molecule has 0 aliphatic carbocycles. The van der Waals surface area contributed by atoms with Crippen molar-refractivity contribution in [1.29, 1.82) is 0 Å². The first-order chi connectivity index (χ1) is 7.36. The molecular weight excluding hydrogens is 256 g/mol. The van der Waals surface area contributed by atoms with E-state index >= 15 is 0 Å². The first-order valence-corrected chi connectivity index (χ1v) is 6.05. The lowest BCUT2D eigenvalue weighted by Crippen LogP contribution is -2.13. The molecular formula is C10H15BrN4. The van der Waals surface area contributed by atoms with Gasteiger partial charge in [-0.3, -0.25) is 0 Å². The highest BCUT2D eigenvalue weighted by molar-refractivity contribution is 9.10. The van der Waals surface area contributed by atoms with Gasteiger partial charge in [-0.05, 0) is 47.8 Å². The summed E-state index contributed by atoms with van der Waals surface area (Å²) in [5.41, 5.74) is 0. The molecule has 1 atom stereocenters. The van der Waals surface area contributed by atoms with Gasteiger partial charge in [-0.15, -0.1) is 0 Å². The van der Waals surface area contributed by atoms with Crippen molar-refractivity contribution in [2.45, 2.75) is 12.8 Å². The van der Waals surface area contributed by atoms with E-state index in [1.807, 2.05) is 0 Å². The number of nitrogens with one attached hydrogen (secondary N) is 2. The molecule has 1 aromatic heterocycles. The minimum atomic E-state index is 0.818. The summed E-state index contributed by atoms with van der Waals surface area (Å²) in [7, 11) is 0. The number of aromatic nitrogens is 2. The summed E-state index contributed by atoms with van der Waals surface area (Å²) >= 11 is 3.41. The highest BCUT2D eigenvalue weighted by Gasteiger charge is 2.13. The predicted molar refractivity (Wildman–Crippen MR) is 63.8 cm³/mol. The van der Waals surface area contributed by atoms with Crippen LogP contribution in [0.15, 0.2) is 17.0 Å². The Hall–Kier alpha value is -0.680. The number of hydrogen-bond acceptors (Lipinski definition) is 4. The Bertz CT molecular complexity index is 312. The third kappa shape index (κ3) is 3.14. The normalized spacial score (nSPS) is 20.5. The fraction of sp³-hybridized carbons (Fsp3) is 0.600. The number of anilines is 1. The molecule has 1 unspecified atom stereocenters. The van der Waals surface area contributed by atoms with Gasteiger partial charge in [0.25, 0.3) is 0 Å². The van der Waals surface area contributed by atoms with E-state index in [1.54, 1.807) is 12.5 Å². The van der Waals surface area contributed by atoms with Crippen LogP contribution in [0.3, 0.4) is 0 Å². The molecule has 0 bridgehead atoms. The maximum atomic E-state index is 4.16. The summed E-state index contributed by atoms with van der Waals surface area (Å²) in [6, 6.07) is 0. The second-order valence-corrected chi connectivity index (χ2v) is 4.65. The third-order valence-corrected chi connectivity index (χ3v) is 3.26. The molecule has 0 saturated carbocycles. The molecule has 0 aromatic carbocycles. The van der Waals surface area contributed by atoms with Gasteiger partial charge in [-0.2, -0.15) is 0 Å². The maximum Gasteiger partial charge on any atom is 0.143 e. The Labute approximate surface area is 98.0 Å². The molecule has 0 radical (unpaired) electrons. The van der Waals surface area contributed by atoms with Crippen LogP contribution in [-0.4, -0.2) is 29.6 Å². The predicted octanol–water partition coefficient (Wildman–Crippen LogP) is 1.65. The highest BCUT2D eigenvalue weighted by Crippen LogP contribution is 2.18. The van der Waals surface area contributed by atoms with Crippen LogP contribution >= 0.6 is 15.9 Å². The number of nitrogens with zero attached hydrogens (tertiary/aromatic N) is 2. The minimum Gasteiger partial charge on any atom is -0.369 e. The van der Waals surface area contributed by atoms with Crippen molar-refractivity contribution in [3.63, 3.8) is 0 Å². The van der Waals surface area contributed by atoms with Crippen molar-refractivity contribution < 1.29 is 0 Å². The Morgan fingerprint density at radius 2 is 2.53 bits per heavy atom. The van der Waals surface area contributed by atoms with Crippen LogP contribution in [0.2, 0.25) is 0 Å². The summed E-state index contributed by atoms with van der Waals surface area (Å²) in [6.07, 6.45) is 5.81. The number of hydrogen-bond donors (Lipinski definition) is 2. The van der Waals surface area contributed by atoms with Gasteiger partial charge in [0.15, 0.2) is 0 Å². The van der Waals surface area contributed by atoms with E-state index in [0.29, 0.717) is 0 Å². The second kappa shape index (κ2) is 5.42. The summed E-state index contributed by atoms with van der Waals surface area (Å²) in [5, 5.41) is 6.68. The van der Waals surface area contributed by atoms with Crippen LogP contribution in [0, 0.1) is 5.92 Å². The molecule has 1 aliphatic heterocycles. The molecule has 2 N–H and O–H groups in total. The molecule has 0 amide bonds. The van der Waals surface area contributed by atoms with Crippen molar-refractivity contribution in [3.05, 3.63) is 17.0 Å². The third-order valence-electron chi connectivity index (χ3n) is 2.68. The topological polar surface area (TPSA) is 49.8 Å². The Kier molecular flexibility index (Phi) is 3.91. The van der Waals surface area contributed by atoms with E-state index < -0.39 is 0 Å². The molecule has 82 valence electrons. The lowest BCUT2D eigenvalue weighted by atomic mass is 10.1. The summed E-state index contributed by atoms with van der Waals surface area (Å²) in [6.45, 7) is 3.30. The lowest BCUT2D eigenvalue weighted by molar-refractivity contribution is 0.549. The standard InChI is InChI=1S/C10H15BrN4/c11-9-6-13-7-15-10(9)14-4-2-8-1-3-12-5-8/h6-8,12H,1-5H2,(H,13,14,15). The number of rotatable bonds is 4. The lowest BCUT2D eigenvalue weighted by Gasteiger charge is -2.10. The van der Waals surface area contributed by atoms with Crippen molar-refractivity contribution in [2.24, 2.45) is 5.92 Å². The molecule has 4 nitrogen and oxygen atoms in total. The first-order valence-electron chi connectivity index (χ1n) is 5.26. The molecule has 1 fully saturated rings. The minimum absolute atomic E-state index is 0.818. The van der Waals surface area contributed by atoms with Crippen LogP contribution in [0.5, 0.6) is 0 Å². The van der Waals surface area contributed by atoms with E-state index in [2.05, 4.69) is 36.5 Å². The zero-order valence-electron chi connectivity index (χ0n) is 8.54. The molecule has 2 rings (SSSR count). The quantitative estimate of drug-likeness (QED) is 0.874. The van der Waals surface area contributed by atoms with Gasteiger partial charge in [0.2, 0.25) is 0 Å². The van der Waals surface area contributed by atoms with Gasteiger partial charge in [0.05, 0.1) is 4.47 Å². The van der Waals surface area contributed by atoms with Gasteiger partial charge < -0.3 is 10.6 Å². The maximum absolute atomic E-state index is 4.16. The largest absolute Gasteiger partial charge is 0.369 e. The van der Waals surface area contributed by atoms with Crippen LogP contribution in [0.4, 0.5) is 5.82 Å². The zero-order chi connectivity index (χ0) is 10.5. The second-order valence-electron chi connectivity index (χ2n) is 3.79. The van der Waals surface area contributed by atoms with Crippen LogP contribution in [0.25, 0.3) is 0 Å². The SMILES string of the molecule is Brc1cncnc1NCCC1CCNC1. The molecule has 1 saturated heterocycles. The zero-order valence-corrected chi connectivity index (χ0v) is 10.1. The van der Waals surface area contributed by atoms with Crippen molar-refractivity contribution in [3.8, 4) is 0 Å². The Morgan fingerprint density at radius 3 is 3.27 bits per heavy atom. The van der Waals surface area contributed by atoms with E-state index in [0.717, 1.165) is 29.3 Å². The summed E-state index contributed by atoms with van der Waals surface area (Å²) in [5.74, 6) is 1.70. The Balaban J connectivity index is 1.75. The number of halogens is 1. The van der Waals surface area contributed by atoms with Crippen molar-refractivity contribution in [2.75, 3.05) is 25.0 Å². The molecule has 5 heteroatoms. The fourth-order valence-corrected chi connectivity index (χ4v) is 2.16. The van der Waals surface area contributed by atoms with E-state index in [1.165, 1.54) is 19.4 Å². The average Bonchev–Trinajstić information content (AvgIpc) is 2.74. The molecule has 15 heavy (non-hydrogen) atoms. The summed E-state index contributed by atoms with van der Waals surface area (Å²) < 4.78 is 0.926. The van der Waals surface area contributed by atoms with Gasteiger partial charge in [-0.25, -0.2) is 9.97 Å². The van der Waals surface area contributed by atoms with Crippen molar-refractivity contribution >= 4 is 21.7 Å². The Morgan fingerprint density at radius 1 is 1.60 bits per heavy atom. The molecule has 1 aliphatic rings. The van der Waals surface area contributed by atoms with Crippen LogP contribution < -0.4 is 10.6 Å². The van der Waals surface area contributed by atoms with Crippen molar-refractivity contribution in [1.82, 2.24) is 15.3 Å². The van der Waals surface area contributed by atoms with Crippen LogP contribution in [-0.2, 0) is 0 Å². The van der Waals surface area contributed by atoms with E-state index in [-0.39, 0.29) is 0 Å². The average molecular weight is 271 g/mol. The van der Waals surface area contributed by atoms with E-state index in [9.17, 15) is 0 Å². The van der Waals surface area contributed by atoms with E-state index in [4.69, 9.17) is 0 Å². The van der Waals surface area contributed by atoms with Gasteiger partial charge >= 0.3 is 0 Å². The fourth-order valence-electron chi connectivity index (χ4n) is 1.80. The van der Waals surface area contributed by atoms with Gasteiger partial charge in [-0.1, -0.05) is 0 Å². The molecule has 2 heterocycles. The van der Waals surface area contributed by atoms with Crippen LogP contribution in [0.1, 0.15) is 12.8 Å². The van der Waals surface area contributed by atoms with Gasteiger partial charge in [0, 0.05) is 12.7 Å². The molecule has 0 spiro atoms.